The number of hydrogen-bond donors (Lipinski definition) is 1. The standard InChI is InChI=1S/C14H17Cl2F3N2/c1-9-3-2-4-13(6-9,8-15)21-12-11(16)5-10(7-20-12)14(17,18)19/h5,7,9H,2-4,6,8H2,1H3,(H,20,21). The summed E-state index contributed by atoms with van der Waals surface area (Å²) in [5.74, 6) is 1.15. The van der Waals surface area contributed by atoms with E-state index >= 15 is 0 Å². The molecule has 2 atom stereocenters. The number of pyridine rings is 1. The molecule has 7 heteroatoms. The van der Waals surface area contributed by atoms with E-state index in [4.69, 9.17) is 23.2 Å². The molecule has 0 radical (unpaired) electrons. The van der Waals surface area contributed by atoms with Crippen molar-refractivity contribution >= 4 is 29.0 Å². The quantitative estimate of drug-likeness (QED) is 0.750. The maximum atomic E-state index is 12.6. The molecular weight excluding hydrogens is 324 g/mol. The molecule has 2 rings (SSSR count). The van der Waals surface area contributed by atoms with Gasteiger partial charge in [-0.25, -0.2) is 4.98 Å². The van der Waals surface area contributed by atoms with E-state index in [-0.39, 0.29) is 16.4 Å². The van der Waals surface area contributed by atoms with Crippen LogP contribution in [0.4, 0.5) is 19.0 Å². The molecule has 1 aliphatic carbocycles. The first-order valence-corrected chi connectivity index (χ1v) is 7.74. The van der Waals surface area contributed by atoms with Crippen molar-refractivity contribution in [2.45, 2.75) is 44.3 Å². The highest BCUT2D eigenvalue weighted by atomic mass is 35.5. The number of aromatic nitrogens is 1. The summed E-state index contributed by atoms with van der Waals surface area (Å²) in [5.41, 5.74) is -1.20. The Morgan fingerprint density at radius 2 is 2.19 bits per heavy atom. The van der Waals surface area contributed by atoms with Gasteiger partial charge < -0.3 is 5.32 Å². The first-order chi connectivity index (χ1) is 9.76. The molecule has 0 bridgehead atoms. The highest BCUT2D eigenvalue weighted by Crippen LogP contribution is 2.38. The molecule has 1 saturated carbocycles. The lowest BCUT2D eigenvalue weighted by atomic mass is 9.77. The van der Waals surface area contributed by atoms with Gasteiger partial charge in [-0.2, -0.15) is 13.2 Å². The maximum Gasteiger partial charge on any atom is 0.417 e. The van der Waals surface area contributed by atoms with Crippen LogP contribution in [0.3, 0.4) is 0 Å². The first-order valence-electron chi connectivity index (χ1n) is 6.83. The Morgan fingerprint density at radius 3 is 2.71 bits per heavy atom. The van der Waals surface area contributed by atoms with E-state index in [1.165, 1.54) is 0 Å². The summed E-state index contributed by atoms with van der Waals surface area (Å²) in [7, 11) is 0. The lowest BCUT2D eigenvalue weighted by Gasteiger charge is -2.40. The zero-order chi connectivity index (χ0) is 15.7. The van der Waals surface area contributed by atoms with Crippen LogP contribution >= 0.6 is 23.2 Å². The van der Waals surface area contributed by atoms with E-state index < -0.39 is 11.7 Å². The summed E-state index contributed by atoms with van der Waals surface area (Å²) in [6.07, 6.45) is 0.226. The van der Waals surface area contributed by atoms with Crippen molar-refractivity contribution < 1.29 is 13.2 Å². The molecule has 1 fully saturated rings. The number of anilines is 1. The third-order valence-electron chi connectivity index (χ3n) is 3.90. The minimum atomic E-state index is -4.45. The molecule has 0 spiro atoms. The van der Waals surface area contributed by atoms with Gasteiger partial charge >= 0.3 is 6.18 Å². The van der Waals surface area contributed by atoms with E-state index in [1.807, 2.05) is 0 Å². The average Bonchev–Trinajstić information content (AvgIpc) is 2.40. The van der Waals surface area contributed by atoms with Crippen molar-refractivity contribution in [3.63, 3.8) is 0 Å². The van der Waals surface area contributed by atoms with Gasteiger partial charge in [-0.15, -0.1) is 11.6 Å². The molecule has 1 aromatic heterocycles. The van der Waals surface area contributed by atoms with Crippen molar-refractivity contribution in [1.29, 1.82) is 0 Å². The predicted octanol–water partition coefficient (Wildman–Crippen LogP) is 5.35. The predicted molar refractivity (Wildman–Crippen MR) is 79.0 cm³/mol. The summed E-state index contributed by atoms with van der Waals surface area (Å²) in [4.78, 5) is 3.84. The SMILES string of the molecule is CC1CCCC(CCl)(Nc2ncc(C(F)(F)F)cc2Cl)C1. The fraction of sp³-hybridized carbons (Fsp3) is 0.643. The normalized spacial score (nSPS) is 26.7. The zero-order valence-electron chi connectivity index (χ0n) is 11.6. The second-order valence-electron chi connectivity index (χ2n) is 5.79. The van der Waals surface area contributed by atoms with Crippen molar-refractivity contribution in [3.05, 3.63) is 22.8 Å². The first kappa shape index (κ1) is 16.7. The van der Waals surface area contributed by atoms with Gasteiger partial charge in [-0.3, -0.25) is 0 Å². The topological polar surface area (TPSA) is 24.9 Å². The minimum Gasteiger partial charge on any atom is -0.362 e. The molecular formula is C14H17Cl2F3N2. The van der Waals surface area contributed by atoms with Crippen LogP contribution in [0.15, 0.2) is 12.3 Å². The Bertz CT molecular complexity index is 507. The van der Waals surface area contributed by atoms with Crippen LogP contribution in [0.5, 0.6) is 0 Å². The molecule has 1 heterocycles. The number of alkyl halides is 4. The Morgan fingerprint density at radius 1 is 1.48 bits per heavy atom. The van der Waals surface area contributed by atoms with Gasteiger partial charge in [0.15, 0.2) is 0 Å². The molecule has 0 aliphatic heterocycles. The third-order valence-corrected chi connectivity index (χ3v) is 4.70. The second kappa shape index (κ2) is 6.21. The summed E-state index contributed by atoms with van der Waals surface area (Å²) in [6.45, 7) is 2.14. The smallest absolute Gasteiger partial charge is 0.362 e. The Hall–Kier alpha value is -0.680. The molecule has 1 N–H and O–H groups in total. The van der Waals surface area contributed by atoms with E-state index in [2.05, 4.69) is 17.2 Å². The van der Waals surface area contributed by atoms with Crippen LogP contribution in [0.1, 0.15) is 38.2 Å². The van der Waals surface area contributed by atoms with E-state index in [0.717, 1.165) is 37.9 Å². The van der Waals surface area contributed by atoms with Gasteiger partial charge in [0, 0.05) is 12.1 Å². The Kier molecular flexibility index (Phi) is 4.93. The summed E-state index contributed by atoms with van der Waals surface area (Å²) >= 11 is 12.0. The Labute approximate surface area is 132 Å². The molecule has 1 aliphatic rings. The van der Waals surface area contributed by atoms with Crippen LogP contribution in [0, 0.1) is 5.92 Å². The lowest BCUT2D eigenvalue weighted by molar-refractivity contribution is -0.137. The highest BCUT2D eigenvalue weighted by molar-refractivity contribution is 6.33. The van der Waals surface area contributed by atoms with Crippen molar-refractivity contribution in [2.75, 3.05) is 11.2 Å². The molecule has 0 aromatic carbocycles. The van der Waals surface area contributed by atoms with Gasteiger partial charge in [0.1, 0.15) is 5.82 Å². The molecule has 21 heavy (non-hydrogen) atoms. The number of nitrogens with one attached hydrogen (secondary N) is 1. The number of halogens is 5. The molecule has 0 amide bonds. The van der Waals surface area contributed by atoms with Crippen molar-refractivity contribution in [1.82, 2.24) is 4.98 Å². The van der Waals surface area contributed by atoms with Gasteiger partial charge in [0.2, 0.25) is 0 Å². The zero-order valence-corrected chi connectivity index (χ0v) is 13.1. The molecule has 0 saturated heterocycles. The monoisotopic (exact) mass is 340 g/mol. The number of hydrogen-bond acceptors (Lipinski definition) is 2. The Balaban J connectivity index is 2.22. The molecule has 2 unspecified atom stereocenters. The fourth-order valence-corrected chi connectivity index (χ4v) is 3.39. The van der Waals surface area contributed by atoms with Crippen LogP contribution < -0.4 is 5.32 Å². The summed E-state index contributed by atoms with van der Waals surface area (Å²) in [5, 5.41) is 3.14. The molecule has 1 aromatic rings. The van der Waals surface area contributed by atoms with E-state index in [0.29, 0.717) is 11.8 Å². The second-order valence-corrected chi connectivity index (χ2v) is 6.47. The highest BCUT2D eigenvalue weighted by Gasteiger charge is 2.36. The number of nitrogens with zero attached hydrogens (tertiary/aromatic N) is 1. The van der Waals surface area contributed by atoms with Crippen LogP contribution in [-0.2, 0) is 6.18 Å². The average molecular weight is 341 g/mol. The van der Waals surface area contributed by atoms with Crippen molar-refractivity contribution in [3.8, 4) is 0 Å². The number of rotatable bonds is 3. The maximum absolute atomic E-state index is 12.6. The van der Waals surface area contributed by atoms with Gasteiger partial charge in [-0.05, 0) is 24.8 Å². The molecule has 118 valence electrons. The van der Waals surface area contributed by atoms with Gasteiger partial charge in [0.05, 0.1) is 16.1 Å². The lowest BCUT2D eigenvalue weighted by Crippen LogP contribution is -2.44. The van der Waals surface area contributed by atoms with Gasteiger partial charge in [0.25, 0.3) is 0 Å². The van der Waals surface area contributed by atoms with Crippen LogP contribution in [0.25, 0.3) is 0 Å². The van der Waals surface area contributed by atoms with Gasteiger partial charge in [-0.1, -0.05) is 31.4 Å². The van der Waals surface area contributed by atoms with Crippen LogP contribution in [-0.4, -0.2) is 16.4 Å². The van der Waals surface area contributed by atoms with Crippen molar-refractivity contribution in [2.24, 2.45) is 5.92 Å². The molecule has 2 nitrogen and oxygen atoms in total. The summed E-state index contributed by atoms with van der Waals surface area (Å²) in [6, 6.07) is 0.894. The third kappa shape index (κ3) is 3.95. The van der Waals surface area contributed by atoms with E-state index in [9.17, 15) is 13.2 Å². The van der Waals surface area contributed by atoms with Crippen LogP contribution in [0.2, 0.25) is 5.02 Å². The fourth-order valence-electron chi connectivity index (χ4n) is 2.86. The largest absolute Gasteiger partial charge is 0.417 e. The summed E-state index contributed by atoms with van der Waals surface area (Å²) < 4.78 is 37.8. The van der Waals surface area contributed by atoms with E-state index in [1.54, 1.807) is 0 Å². The minimum absolute atomic E-state index is 0.0347.